The molecule has 29 heavy (non-hydrogen) atoms. The van der Waals surface area contributed by atoms with Gasteiger partial charge in [-0.3, -0.25) is 14.4 Å². The number of carbonyl (C=O) groups excluding carboxylic acids is 3. The summed E-state index contributed by atoms with van der Waals surface area (Å²) in [4.78, 5) is 35.8. The molecule has 2 rings (SSSR count). The summed E-state index contributed by atoms with van der Waals surface area (Å²) >= 11 is 0. The molecule has 2 aromatic carbocycles. The van der Waals surface area contributed by atoms with Gasteiger partial charge in [0.05, 0.1) is 12.8 Å². The molecule has 7 heteroatoms. The predicted molar refractivity (Wildman–Crippen MR) is 111 cm³/mol. The van der Waals surface area contributed by atoms with Crippen LogP contribution >= 0.6 is 0 Å². The van der Waals surface area contributed by atoms with E-state index in [1.165, 1.54) is 7.11 Å². The van der Waals surface area contributed by atoms with E-state index in [2.05, 4.69) is 10.6 Å². The number of hydrogen-bond donors (Lipinski definition) is 2. The van der Waals surface area contributed by atoms with Gasteiger partial charge in [-0.1, -0.05) is 37.3 Å². The van der Waals surface area contributed by atoms with Crippen LogP contribution < -0.4 is 15.4 Å². The first-order valence-electron chi connectivity index (χ1n) is 9.49. The Kier molecular flexibility index (Phi) is 8.69. The summed E-state index contributed by atoms with van der Waals surface area (Å²) in [5.74, 6) is -0.575. The minimum Gasteiger partial charge on any atom is -0.495 e. The second-order valence-corrected chi connectivity index (χ2v) is 6.32. The van der Waals surface area contributed by atoms with Crippen molar-refractivity contribution in [2.24, 2.45) is 0 Å². The molecule has 0 radical (unpaired) electrons. The maximum Gasteiger partial charge on any atom is 0.306 e. The first kappa shape index (κ1) is 21.9. The van der Waals surface area contributed by atoms with E-state index in [0.29, 0.717) is 23.5 Å². The number of para-hydroxylation sites is 3. The van der Waals surface area contributed by atoms with Gasteiger partial charge in [-0.2, -0.15) is 0 Å². The van der Waals surface area contributed by atoms with Crippen LogP contribution in [0, 0.1) is 0 Å². The Balaban J connectivity index is 1.68. The quantitative estimate of drug-likeness (QED) is 0.597. The predicted octanol–water partition coefficient (Wildman–Crippen LogP) is 3.55. The van der Waals surface area contributed by atoms with Gasteiger partial charge >= 0.3 is 5.97 Å². The molecule has 2 N–H and O–H groups in total. The highest BCUT2D eigenvalue weighted by molar-refractivity contribution is 5.94. The van der Waals surface area contributed by atoms with Crippen molar-refractivity contribution in [3.05, 3.63) is 54.1 Å². The van der Waals surface area contributed by atoms with E-state index in [4.69, 9.17) is 9.47 Å². The molecule has 0 bridgehead atoms. The Morgan fingerprint density at radius 2 is 1.52 bits per heavy atom. The first-order chi connectivity index (χ1) is 14.0. The molecule has 2 aromatic rings. The maximum absolute atomic E-state index is 12.0. The molecule has 0 atom stereocenters. The Labute approximate surface area is 170 Å². The van der Waals surface area contributed by atoms with E-state index in [1.54, 1.807) is 24.3 Å². The Hall–Kier alpha value is -3.35. The molecule has 0 saturated carbocycles. The van der Waals surface area contributed by atoms with Crippen molar-refractivity contribution in [1.29, 1.82) is 0 Å². The summed E-state index contributed by atoms with van der Waals surface area (Å²) in [5.41, 5.74) is 2.30. The van der Waals surface area contributed by atoms with Crippen LogP contribution in [0.15, 0.2) is 48.5 Å². The zero-order chi connectivity index (χ0) is 21.1. The van der Waals surface area contributed by atoms with Crippen LogP contribution in [0.25, 0.3) is 0 Å². The molecule has 0 aliphatic rings. The van der Waals surface area contributed by atoms with Gasteiger partial charge in [-0.05, 0) is 36.6 Å². The number of nitrogens with one attached hydrogen (secondary N) is 2. The van der Waals surface area contributed by atoms with Crippen molar-refractivity contribution in [2.45, 2.75) is 32.6 Å². The minimum atomic E-state index is -0.519. The maximum atomic E-state index is 12.0. The second-order valence-electron chi connectivity index (χ2n) is 6.32. The number of amides is 2. The molecule has 0 aliphatic heterocycles. The smallest absolute Gasteiger partial charge is 0.306 e. The van der Waals surface area contributed by atoms with Crippen molar-refractivity contribution in [2.75, 3.05) is 24.4 Å². The van der Waals surface area contributed by atoms with Gasteiger partial charge in [0.25, 0.3) is 5.91 Å². The summed E-state index contributed by atoms with van der Waals surface area (Å²) in [6.07, 6.45) is 1.31. The van der Waals surface area contributed by atoms with E-state index in [-0.39, 0.29) is 25.4 Å². The number of ether oxygens (including phenoxy) is 2. The zero-order valence-electron chi connectivity index (χ0n) is 16.7. The largest absolute Gasteiger partial charge is 0.495 e. The first-order valence-corrected chi connectivity index (χ1v) is 9.49. The molecule has 0 saturated heterocycles. The van der Waals surface area contributed by atoms with E-state index in [9.17, 15) is 14.4 Å². The number of aryl methyl sites for hydroxylation is 1. The summed E-state index contributed by atoms with van der Waals surface area (Å²) in [5, 5.41) is 5.48. The van der Waals surface area contributed by atoms with Gasteiger partial charge in [-0.15, -0.1) is 0 Å². The highest BCUT2D eigenvalue weighted by Crippen LogP contribution is 2.23. The van der Waals surface area contributed by atoms with Crippen LogP contribution in [0.4, 0.5) is 11.4 Å². The van der Waals surface area contributed by atoms with Crippen LogP contribution in [0.1, 0.15) is 31.7 Å². The Morgan fingerprint density at radius 3 is 2.24 bits per heavy atom. The third-order valence-corrected chi connectivity index (χ3v) is 4.20. The van der Waals surface area contributed by atoms with Crippen LogP contribution in [0.2, 0.25) is 0 Å². The number of hydrogen-bond acceptors (Lipinski definition) is 5. The molecule has 0 aromatic heterocycles. The van der Waals surface area contributed by atoms with Gasteiger partial charge in [0.2, 0.25) is 5.91 Å². The highest BCUT2D eigenvalue weighted by Gasteiger charge is 2.11. The van der Waals surface area contributed by atoms with Crippen LogP contribution in [0.3, 0.4) is 0 Å². The molecule has 0 heterocycles. The fourth-order valence-electron chi connectivity index (χ4n) is 2.71. The number of carbonyl (C=O) groups is 3. The molecular weight excluding hydrogens is 372 g/mol. The second kappa shape index (κ2) is 11.5. The van der Waals surface area contributed by atoms with Crippen molar-refractivity contribution in [3.8, 4) is 5.75 Å². The monoisotopic (exact) mass is 398 g/mol. The SMILES string of the molecule is CCc1ccccc1NC(=O)COC(=O)CCCC(=O)Nc1ccccc1OC. The lowest BCUT2D eigenvalue weighted by Crippen LogP contribution is -2.21. The fourth-order valence-corrected chi connectivity index (χ4v) is 2.71. The molecule has 0 spiro atoms. The van der Waals surface area contributed by atoms with E-state index < -0.39 is 11.9 Å². The summed E-state index contributed by atoms with van der Waals surface area (Å²) in [7, 11) is 1.53. The van der Waals surface area contributed by atoms with Gasteiger partial charge in [-0.25, -0.2) is 0 Å². The van der Waals surface area contributed by atoms with Gasteiger partial charge in [0.1, 0.15) is 5.75 Å². The van der Waals surface area contributed by atoms with Crippen LogP contribution in [0.5, 0.6) is 5.75 Å². The van der Waals surface area contributed by atoms with E-state index >= 15 is 0 Å². The van der Waals surface area contributed by atoms with Gasteiger partial charge < -0.3 is 20.1 Å². The normalized spacial score (nSPS) is 10.1. The number of anilines is 2. The number of rotatable bonds is 10. The highest BCUT2D eigenvalue weighted by atomic mass is 16.5. The molecule has 0 fully saturated rings. The third kappa shape index (κ3) is 7.29. The Bertz CT molecular complexity index is 851. The topological polar surface area (TPSA) is 93.7 Å². The average molecular weight is 398 g/mol. The molecule has 154 valence electrons. The van der Waals surface area contributed by atoms with Crippen LogP contribution in [-0.2, 0) is 25.5 Å². The summed E-state index contributed by atoms with van der Waals surface area (Å²) < 4.78 is 10.2. The van der Waals surface area contributed by atoms with E-state index in [1.807, 2.05) is 31.2 Å². The van der Waals surface area contributed by atoms with Gasteiger partial charge in [0, 0.05) is 18.5 Å². The van der Waals surface area contributed by atoms with Gasteiger partial charge in [0.15, 0.2) is 6.61 Å². The number of esters is 1. The van der Waals surface area contributed by atoms with Crippen molar-refractivity contribution in [3.63, 3.8) is 0 Å². The van der Waals surface area contributed by atoms with Crippen molar-refractivity contribution >= 4 is 29.2 Å². The average Bonchev–Trinajstić information content (AvgIpc) is 2.73. The molecular formula is C22H26N2O5. The molecule has 7 nitrogen and oxygen atoms in total. The van der Waals surface area contributed by atoms with Crippen molar-refractivity contribution in [1.82, 2.24) is 0 Å². The lowest BCUT2D eigenvalue weighted by molar-refractivity contribution is -0.147. The summed E-state index contributed by atoms with van der Waals surface area (Å²) in [6, 6.07) is 14.5. The summed E-state index contributed by atoms with van der Waals surface area (Å²) in [6.45, 7) is 1.64. The molecule has 0 unspecified atom stereocenters. The standard InChI is InChI=1S/C22H26N2O5/c1-3-16-9-4-5-10-17(16)23-21(26)15-29-22(27)14-8-13-20(25)24-18-11-6-7-12-19(18)28-2/h4-7,9-12H,3,8,13-15H2,1-2H3,(H,23,26)(H,24,25). The fraction of sp³-hybridized carbons (Fsp3) is 0.318. The molecule has 0 aliphatic carbocycles. The third-order valence-electron chi connectivity index (χ3n) is 4.20. The number of methoxy groups -OCH3 is 1. The van der Waals surface area contributed by atoms with Crippen LogP contribution in [-0.4, -0.2) is 31.5 Å². The Morgan fingerprint density at radius 1 is 0.862 bits per heavy atom. The molecule has 2 amide bonds. The minimum absolute atomic E-state index is 0.0537. The zero-order valence-corrected chi connectivity index (χ0v) is 16.7. The van der Waals surface area contributed by atoms with Crippen molar-refractivity contribution < 1.29 is 23.9 Å². The lowest BCUT2D eigenvalue weighted by Gasteiger charge is -2.10. The lowest BCUT2D eigenvalue weighted by atomic mass is 10.1. The number of benzene rings is 2. The van der Waals surface area contributed by atoms with E-state index in [0.717, 1.165) is 12.0 Å².